The third kappa shape index (κ3) is 4.37. The maximum absolute atomic E-state index is 12.4. The minimum atomic E-state index is -3.75. The van der Waals surface area contributed by atoms with Crippen LogP contribution in [0.5, 0.6) is 0 Å². The molecule has 0 radical (unpaired) electrons. The number of hydrogen-bond donors (Lipinski definition) is 1. The van der Waals surface area contributed by atoms with Gasteiger partial charge in [0, 0.05) is 5.56 Å². The van der Waals surface area contributed by atoms with Crippen molar-refractivity contribution in [3.63, 3.8) is 0 Å². The summed E-state index contributed by atoms with van der Waals surface area (Å²) in [6.45, 7) is 1.86. The number of fused-ring (bicyclic) bond motifs is 1. The zero-order valence-electron chi connectivity index (χ0n) is 16.0. The Kier molecular flexibility index (Phi) is 5.19. The van der Waals surface area contributed by atoms with Crippen LogP contribution in [0.3, 0.4) is 0 Å². The van der Waals surface area contributed by atoms with Gasteiger partial charge in [0.1, 0.15) is 5.75 Å². The zero-order valence-corrected chi connectivity index (χ0v) is 16.8. The number of rotatable bonds is 5. The number of anilines is 1. The van der Waals surface area contributed by atoms with Crippen LogP contribution in [0.25, 0.3) is 11.5 Å². The van der Waals surface area contributed by atoms with Gasteiger partial charge in [0.2, 0.25) is 11.8 Å². The topological polar surface area (TPSA) is 102 Å². The normalized spacial score (nSPS) is 13.7. The molecule has 1 amide bonds. The molecule has 0 atom stereocenters. The lowest BCUT2D eigenvalue weighted by atomic mass is 9.90. The number of benzene rings is 2. The van der Waals surface area contributed by atoms with Gasteiger partial charge in [-0.15, -0.1) is 5.10 Å². The molecule has 1 N–H and O–H groups in total. The van der Waals surface area contributed by atoms with Gasteiger partial charge < -0.3 is 4.42 Å². The van der Waals surface area contributed by atoms with Crippen molar-refractivity contribution in [2.24, 2.45) is 0 Å². The van der Waals surface area contributed by atoms with E-state index in [0.29, 0.717) is 0 Å². The average Bonchev–Trinajstić information content (AvgIpc) is 3.15. The van der Waals surface area contributed by atoms with Crippen molar-refractivity contribution in [1.82, 2.24) is 10.2 Å². The number of hydrogen-bond acceptors (Lipinski definition) is 6. The molecular weight excluding hydrogens is 390 g/mol. The number of carbonyl (C=O) groups is 1. The number of sulfone groups is 1. The number of nitrogens with one attached hydrogen (secondary N) is 1. The third-order valence-corrected chi connectivity index (χ3v) is 6.60. The highest BCUT2D eigenvalue weighted by molar-refractivity contribution is 7.92. The van der Waals surface area contributed by atoms with Crippen molar-refractivity contribution in [2.45, 2.75) is 37.5 Å². The molecule has 150 valence electrons. The minimum absolute atomic E-state index is 0.0959. The van der Waals surface area contributed by atoms with E-state index in [-0.39, 0.29) is 16.8 Å². The van der Waals surface area contributed by atoms with Gasteiger partial charge in [0.25, 0.3) is 0 Å². The molecule has 1 heterocycles. The zero-order chi connectivity index (χ0) is 20.4. The maximum atomic E-state index is 12.4. The highest BCUT2D eigenvalue weighted by Crippen LogP contribution is 2.27. The second-order valence-electron chi connectivity index (χ2n) is 7.22. The molecular formula is C21H21N3O4S. The van der Waals surface area contributed by atoms with Crippen LogP contribution in [0.15, 0.2) is 51.8 Å². The van der Waals surface area contributed by atoms with Gasteiger partial charge in [-0.2, -0.15) is 0 Å². The van der Waals surface area contributed by atoms with Gasteiger partial charge in [-0.25, -0.2) is 8.42 Å². The Morgan fingerprint density at radius 3 is 2.52 bits per heavy atom. The summed E-state index contributed by atoms with van der Waals surface area (Å²) in [4.78, 5) is 12.3. The summed E-state index contributed by atoms with van der Waals surface area (Å²) < 4.78 is 30.3. The lowest BCUT2D eigenvalue weighted by Crippen LogP contribution is -2.23. The van der Waals surface area contributed by atoms with Crippen LogP contribution in [0.4, 0.5) is 6.01 Å². The first-order valence-corrected chi connectivity index (χ1v) is 11.1. The van der Waals surface area contributed by atoms with Gasteiger partial charge in [0.15, 0.2) is 9.84 Å². The molecule has 1 aliphatic rings. The Bertz CT molecular complexity index is 1150. The standard InChI is InChI=1S/C21H21N3O4S/c1-14-6-10-18(11-7-14)29(26,27)13-19(25)22-21-24-23-20(28-21)17-9-8-15-4-2-3-5-16(15)12-17/h6-12H,2-5,13H2,1H3,(H,22,24,25). The van der Waals surface area contributed by atoms with Crippen molar-refractivity contribution < 1.29 is 17.6 Å². The molecule has 0 saturated heterocycles. The largest absolute Gasteiger partial charge is 0.403 e. The van der Waals surface area contributed by atoms with E-state index in [0.717, 1.165) is 30.4 Å². The first kappa shape index (κ1) is 19.3. The van der Waals surface area contributed by atoms with E-state index in [4.69, 9.17) is 4.42 Å². The molecule has 3 aromatic rings. The highest BCUT2D eigenvalue weighted by atomic mass is 32.2. The van der Waals surface area contributed by atoms with Crippen LogP contribution in [0, 0.1) is 6.92 Å². The molecule has 4 rings (SSSR count). The first-order chi connectivity index (χ1) is 13.9. The van der Waals surface area contributed by atoms with E-state index in [2.05, 4.69) is 21.6 Å². The van der Waals surface area contributed by atoms with E-state index in [9.17, 15) is 13.2 Å². The molecule has 29 heavy (non-hydrogen) atoms. The van der Waals surface area contributed by atoms with Crippen molar-refractivity contribution in [2.75, 3.05) is 11.1 Å². The molecule has 1 aromatic heterocycles. The van der Waals surface area contributed by atoms with Gasteiger partial charge in [-0.05, 0) is 68.0 Å². The van der Waals surface area contributed by atoms with Gasteiger partial charge in [-0.1, -0.05) is 28.9 Å². The van der Waals surface area contributed by atoms with Crippen molar-refractivity contribution in [1.29, 1.82) is 0 Å². The van der Waals surface area contributed by atoms with E-state index in [1.807, 2.05) is 19.1 Å². The van der Waals surface area contributed by atoms with Gasteiger partial charge in [0.05, 0.1) is 4.90 Å². The summed E-state index contributed by atoms with van der Waals surface area (Å²) in [7, 11) is -3.75. The third-order valence-electron chi connectivity index (χ3n) is 4.97. The fourth-order valence-electron chi connectivity index (χ4n) is 3.41. The van der Waals surface area contributed by atoms with E-state index in [1.165, 1.54) is 29.7 Å². The van der Waals surface area contributed by atoms with Crippen LogP contribution >= 0.6 is 0 Å². The molecule has 2 aromatic carbocycles. The van der Waals surface area contributed by atoms with Crippen molar-refractivity contribution in [3.8, 4) is 11.5 Å². The minimum Gasteiger partial charge on any atom is -0.403 e. The number of aromatic nitrogens is 2. The molecule has 0 aliphatic heterocycles. The second-order valence-corrected chi connectivity index (χ2v) is 9.21. The molecule has 0 fully saturated rings. The Hall–Kier alpha value is -3.00. The van der Waals surface area contributed by atoms with Crippen molar-refractivity contribution >= 4 is 21.8 Å². The van der Waals surface area contributed by atoms with Crippen molar-refractivity contribution in [3.05, 3.63) is 59.2 Å². The Morgan fingerprint density at radius 1 is 1.03 bits per heavy atom. The Balaban J connectivity index is 1.45. The van der Waals surface area contributed by atoms with Gasteiger partial charge in [-0.3, -0.25) is 10.1 Å². The molecule has 0 unspecified atom stereocenters. The smallest absolute Gasteiger partial charge is 0.322 e. The molecule has 1 aliphatic carbocycles. The molecule has 0 bridgehead atoms. The molecule has 0 spiro atoms. The van der Waals surface area contributed by atoms with Crippen LogP contribution in [0.2, 0.25) is 0 Å². The molecule has 0 saturated carbocycles. The highest BCUT2D eigenvalue weighted by Gasteiger charge is 2.21. The lowest BCUT2D eigenvalue weighted by Gasteiger charge is -2.15. The summed E-state index contributed by atoms with van der Waals surface area (Å²) >= 11 is 0. The summed E-state index contributed by atoms with van der Waals surface area (Å²) in [5, 5.41) is 10.2. The summed E-state index contributed by atoms with van der Waals surface area (Å²) in [6, 6.07) is 12.3. The predicted octanol–water partition coefficient (Wildman–Crippen LogP) is 3.34. The average molecular weight is 411 g/mol. The summed E-state index contributed by atoms with van der Waals surface area (Å²) in [5.74, 6) is -1.15. The van der Waals surface area contributed by atoms with Crippen LogP contribution < -0.4 is 5.32 Å². The Labute approximate surface area is 169 Å². The summed E-state index contributed by atoms with van der Waals surface area (Å²) in [6.07, 6.45) is 4.47. The molecule has 8 heteroatoms. The second kappa shape index (κ2) is 7.79. The lowest BCUT2D eigenvalue weighted by molar-refractivity contribution is -0.114. The van der Waals surface area contributed by atoms with Crippen LogP contribution in [-0.4, -0.2) is 30.3 Å². The fraction of sp³-hybridized carbons (Fsp3) is 0.286. The SMILES string of the molecule is Cc1ccc(S(=O)(=O)CC(=O)Nc2nnc(-c3ccc4c(c3)CCCC4)o2)cc1. The fourth-order valence-corrected chi connectivity index (χ4v) is 4.55. The Morgan fingerprint density at radius 2 is 1.76 bits per heavy atom. The first-order valence-electron chi connectivity index (χ1n) is 9.46. The number of nitrogens with zero attached hydrogens (tertiary/aromatic N) is 2. The van der Waals surface area contributed by atoms with Crippen LogP contribution in [-0.2, 0) is 27.5 Å². The predicted molar refractivity (Wildman–Crippen MR) is 108 cm³/mol. The van der Waals surface area contributed by atoms with E-state index >= 15 is 0 Å². The number of aryl methyl sites for hydroxylation is 3. The van der Waals surface area contributed by atoms with E-state index < -0.39 is 21.5 Å². The quantitative estimate of drug-likeness (QED) is 0.691. The maximum Gasteiger partial charge on any atom is 0.322 e. The molecule has 7 nitrogen and oxygen atoms in total. The number of amides is 1. The monoisotopic (exact) mass is 411 g/mol. The van der Waals surface area contributed by atoms with Crippen LogP contribution in [0.1, 0.15) is 29.5 Å². The van der Waals surface area contributed by atoms with Gasteiger partial charge >= 0.3 is 6.01 Å². The van der Waals surface area contributed by atoms with E-state index in [1.54, 1.807) is 12.1 Å². The number of carbonyl (C=O) groups excluding carboxylic acids is 1. The summed E-state index contributed by atoms with van der Waals surface area (Å²) in [5.41, 5.74) is 4.34.